The number of aliphatic hydroxyl groups is 1. The molecule has 23 heavy (non-hydrogen) atoms. The van der Waals surface area contributed by atoms with Crippen LogP contribution in [0.2, 0.25) is 0 Å². The lowest BCUT2D eigenvalue weighted by Crippen LogP contribution is -2.36. The molecule has 1 atom stereocenters. The fraction of sp³-hybridized carbons (Fsp3) is 0.556. The lowest BCUT2D eigenvalue weighted by molar-refractivity contribution is 0.0242. The number of methoxy groups -OCH3 is 2. The summed E-state index contributed by atoms with van der Waals surface area (Å²) in [6.07, 6.45) is 6.94. The second-order valence-electron chi connectivity index (χ2n) is 5.72. The van der Waals surface area contributed by atoms with Crippen LogP contribution in [0.3, 0.4) is 0 Å². The number of ether oxygens (including phenoxy) is 3. The van der Waals surface area contributed by atoms with Crippen LogP contribution in [0, 0.1) is 12.3 Å². The van der Waals surface area contributed by atoms with Gasteiger partial charge in [0.15, 0.2) is 11.5 Å². The Morgan fingerprint density at radius 3 is 2.65 bits per heavy atom. The molecule has 2 rings (SSSR count). The van der Waals surface area contributed by atoms with Crippen molar-refractivity contribution in [3.05, 3.63) is 23.8 Å². The van der Waals surface area contributed by atoms with Gasteiger partial charge in [0.25, 0.3) is 0 Å². The zero-order valence-corrected chi connectivity index (χ0v) is 13.8. The molecule has 5 nitrogen and oxygen atoms in total. The van der Waals surface area contributed by atoms with Crippen molar-refractivity contribution in [1.29, 1.82) is 0 Å². The molecule has 0 unspecified atom stereocenters. The van der Waals surface area contributed by atoms with Gasteiger partial charge >= 0.3 is 0 Å². The molecule has 0 bridgehead atoms. The first-order valence-electron chi connectivity index (χ1n) is 7.82. The Morgan fingerprint density at radius 2 is 2.04 bits per heavy atom. The highest BCUT2D eigenvalue weighted by atomic mass is 16.5. The maximum Gasteiger partial charge on any atom is 0.161 e. The summed E-state index contributed by atoms with van der Waals surface area (Å²) in [7, 11) is 3.26. The first-order valence-corrected chi connectivity index (χ1v) is 7.82. The summed E-state index contributed by atoms with van der Waals surface area (Å²) in [4.78, 5) is 2.28. The summed E-state index contributed by atoms with van der Waals surface area (Å²) in [6, 6.07) is 6.45. The summed E-state index contributed by atoms with van der Waals surface area (Å²) in [5, 5.41) is 10.1. The van der Waals surface area contributed by atoms with Crippen molar-refractivity contribution in [1.82, 2.24) is 4.90 Å². The Morgan fingerprint density at radius 1 is 1.30 bits per heavy atom. The molecule has 0 aliphatic heterocycles. The monoisotopic (exact) mass is 319 g/mol. The zero-order valence-electron chi connectivity index (χ0n) is 13.8. The van der Waals surface area contributed by atoms with Gasteiger partial charge in [-0.2, -0.15) is 0 Å². The maximum atomic E-state index is 10.1. The van der Waals surface area contributed by atoms with Crippen molar-refractivity contribution in [3.63, 3.8) is 0 Å². The molecule has 0 saturated heterocycles. The Bertz CT molecular complexity index is 536. The third-order valence-corrected chi connectivity index (χ3v) is 3.84. The third kappa shape index (κ3) is 5.43. The highest BCUT2D eigenvalue weighted by Crippen LogP contribution is 2.31. The van der Waals surface area contributed by atoms with E-state index in [1.807, 2.05) is 18.2 Å². The number of hydrogen-bond donors (Lipinski definition) is 1. The van der Waals surface area contributed by atoms with Gasteiger partial charge in [0, 0.05) is 19.1 Å². The number of hydrogen-bond acceptors (Lipinski definition) is 5. The minimum Gasteiger partial charge on any atom is -0.493 e. The maximum absolute atomic E-state index is 10.1. The summed E-state index contributed by atoms with van der Waals surface area (Å²) in [5.41, 5.74) is 1.13. The zero-order chi connectivity index (χ0) is 16.7. The smallest absolute Gasteiger partial charge is 0.161 e. The fourth-order valence-corrected chi connectivity index (χ4v) is 2.57. The van der Waals surface area contributed by atoms with Crippen molar-refractivity contribution in [3.8, 4) is 23.8 Å². The van der Waals surface area contributed by atoms with Gasteiger partial charge in [0.2, 0.25) is 0 Å². The predicted octanol–water partition coefficient (Wildman–Crippen LogP) is 1.68. The summed E-state index contributed by atoms with van der Waals surface area (Å²) in [5.74, 6) is 3.84. The van der Waals surface area contributed by atoms with Crippen LogP contribution in [0.1, 0.15) is 18.4 Å². The molecule has 1 aromatic carbocycles. The quantitative estimate of drug-likeness (QED) is 0.525. The molecule has 0 aromatic heterocycles. The molecule has 0 amide bonds. The topological polar surface area (TPSA) is 51.2 Å². The molecule has 5 heteroatoms. The average molecular weight is 319 g/mol. The van der Waals surface area contributed by atoms with E-state index in [9.17, 15) is 5.11 Å². The predicted molar refractivity (Wildman–Crippen MR) is 88.6 cm³/mol. The summed E-state index contributed by atoms with van der Waals surface area (Å²) < 4.78 is 15.8. The van der Waals surface area contributed by atoms with Crippen LogP contribution < -0.4 is 9.47 Å². The number of nitrogens with zero attached hydrogens (tertiary/aromatic N) is 1. The second kappa shape index (κ2) is 8.78. The molecule has 0 spiro atoms. The molecule has 1 aromatic rings. The van der Waals surface area contributed by atoms with Gasteiger partial charge in [0.05, 0.1) is 26.9 Å². The fourth-order valence-electron chi connectivity index (χ4n) is 2.57. The van der Waals surface area contributed by atoms with E-state index < -0.39 is 6.10 Å². The van der Waals surface area contributed by atoms with Gasteiger partial charge in [-0.15, -0.1) is 6.42 Å². The van der Waals surface area contributed by atoms with Crippen LogP contribution in [-0.4, -0.2) is 56.1 Å². The Balaban J connectivity index is 1.95. The number of terminal acetylenes is 1. The Kier molecular flexibility index (Phi) is 6.72. The first-order chi connectivity index (χ1) is 11.2. The highest BCUT2D eigenvalue weighted by molar-refractivity contribution is 5.42. The van der Waals surface area contributed by atoms with E-state index in [0.717, 1.165) is 23.6 Å². The summed E-state index contributed by atoms with van der Waals surface area (Å²) >= 11 is 0. The van der Waals surface area contributed by atoms with Crippen LogP contribution in [0.15, 0.2) is 18.2 Å². The van der Waals surface area contributed by atoms with Gasteiger partial charge in [-0.3, -0.25) is 4.90 Å². The molecular weight excluding hydrogens is 294 g/mol. The van der Waals surface area contributed by atoms with Crippen LogP contribution >= 0.6 is 0 Å². The molecule has 0 heterocycles. The number of benzene rings is 1. The van der Waals surface area contributed by atoms with Crippen LogP contribution in [0.4, 0.5) is 0 Å². The van der Waals surface area contributed by atoms with E-state index in [4.69, 9.17) is 20.6 Å². The summed E-state index contributed by atoms with van der Waals surface area (Å²) in [6.45, 7) is 1.83. The van der Waals surface area contributed by atoms with Gasteiger partial charge in [0.1, 0.15) is 6.61 Å². The van der Waals surface area contributed by atoms with Crippen molar-refractivity contribution in [2.24, 2.45) is 0 Å². The molecule has 1 saturated carbocycles. The van der Waals surface area contributed by atoms with Crippen LogP contribution in [0.5, 0.6) is 11.5 Å². The van der Waals surface area contributed by atoms with E-state index in [2.05, 4.69) is 10.8 Å². The van der Waals surface area contributed by atoms with Gasteiger partial charge in [-0.1, -0.05) is 12.0 Å². The molecule has 126 valence electrons. The number of aliphatic hydroxyl groups excluding tert-OH is 1. The van der Waals surface area contributed by atoms with E-state index in [1.165, 1.54) is 12.8 Å². The largest absolute Gasteiger partial charge is 0.493 e. The highest BCUT2D eigenvalue weighted by Gasteiger charge is 2.30. The molecule has 1 N–H and O–H groups in total. The van der Waals surface area contributed by atoms with Crippen molar-refractivity contribution in [2.45, 2.75) is 31.5 Å². The van der Waals surface area contributed by atoms with Gasteiger partial charge < -0.3 is 19.3 Å². The molecule has 1 fully saturated rings. The third-order valence-electron chi connectivity index (χ3n) is 3.84. The van der Waals surface area contributed by atoms with Crippen molar-refractivity contribution >= 4 is 0 Å². The Labute approximate surface area is 138 Å². The van der Waals surface area contributed by atoms with Crippen molar-refractivity contribution < 1.29 is 19.3 Å². The van der Waals surface area contributed by atoms with E-state index in [-0.39, 0.29) is 13.2 Å². The standard InChI is InChI=1S/C18H25NO4/c1-4-9-23-13-16(20)12-19(15-6-7-15)11-14-5-8-17(21-2)18(10-14)22-3/h1,5,8,10,15-16,20H,6-7,9,11-13H2,2-3H3/t16-/m1/s1. The lowest BCUT2D eigenvalue weighted by atomic mass is 10.1. The second-order valence-corrected chi connectivity index (χ2v) is 5.72. The van der Waals surface area contributed by atoms with Gasteiger partial charge in [-0.05, 0) is 30.5 Å². The van der Waals surface area contributed by atoms with E-state index in [0.29, 0.717) is 12.6 Å². The average Bonchev–Trinajstić information content (AvgIpc) is 3.39. The van der Waals surface area contributed by atoms with Crippen LogP contribution in [0.25, 0.3) is 0 Å². The first kappa shape index (κ1) is 17.6. The van der Waals surface area contributed by atoms with Crippen LogP contribution in [-0.2, 0) is 11.3 Å². The van der Waals surface area contributed by atoms with E-state index in [1.54, 1.807) is 14.2 Å². The van der Waals surface area contributed by atoms with Gasteiger partial charge in [-0.25, -0.2) is 0 Å². The lowest BCUT2D eigenvalue weighted by Gasteiger charge is -2.25. The van der Waals surface area contributed by atoms with Crippen molar-refractivity contribution in [2.75, 3.05) is 34.0 Å². The minimum absolute atomic E-state index is 0.232. The minimum atomic E-state index is -0.538. The van der Waals surface area contributed by atoms with E-state index >= 15 is 0 Å². The normalized spacial score (nSPS) is 15.3. The molecular formula is C18H25NO4. The SMILES string of the molecule is C#CCOC[C@H](O)CN(Cc1ccc(OC)c(OC)c1)C1CC1. The number of rotatable bonds is 10. The molecule has 1 aliphatic carbocycles. The molecule has 0 radical (unpaired) electrons. The Hall–Kier alpha value is -1.74. The molecule has 1 aliphatic rings.